The molecule has 122 valence electrons. The quantitative estimate of drug-likeness (QED) is 0.824. The highest BCUT2D eigenvalue weighted by Crippen LogP contribution is 2.32. The fourth-order valence-corrected chi connectivity index (χ4v) is 2.37. The summed E-state index contributed by atoms with van der Waals surface area (Å²) in [5.74, 6) is 0.0105. The average Bonchev–Trinajstić information content (AvgIpc) is 2.53. The van der Waals surface area contributed by atoms with E-state index < -0.39 is 0 Å². The van der Waals surface area contributed by atoms with Gasteiger partial charge in [-0.1, -0.05) is 36.7 Å². The van der Waals surface area contributed by atoms with Gasteiger partial charge in [-0.15, -0.1) is 0 Å². The molecule has 1 aromatic carbocycles. The van der Waals surface area contributed by atoms with Gasteiger partial charge < -0.3 is 10.2 Å². The molecule has 23 heavy (non-hydrogen) atoms. The maximum atomic E-state index is 12.0. The zero-order valence-electron chi connectivity index (χ0n) is 12.9. The number of anilines is 3. The smallest absolute Gasteiger partial charge is 0.289 e. The van der Waals surface area contributed by atoms with Gasteiger partial charge in [0.1, 0.15) is 5.69 Å². The zero-order valence-corrected chi connectivity index (χ0v) is 14.4. The predicted molar refractivity (Wildman–Crippen MR) is 97.0 cm³/mol. The highest BCUT2D eigenvalue weighted by atomic mass is 35.5. The lowest BCUT2D eigenvalue weighted by Gasteiger charge is -2.28. The van der Waals surface area contributed by atoms with Gasteiger partial charge in [0.25, 0.3) is 5.56 Å². The molecule has 1 aromatic heterocycles. The fraction of sp³-hybridized carbons (Fsp3) is 0.250. The molecule has 2 N–H and O–H groups in total. The van der Waals surface area contributed by atoms with E-state index in [2.05, 4.69) is 22.1 Å². The first-order valence-electron chi connectivity index (χ1n) is 7.07. The minimum Gasteiger partial charge on any atom is -0.382 e. The lowest BCUT2D eigenvalue weighted by molar-refractivity contribution is 0.709. The third-order valence-corrected chi connectivity index (χ3v) is 4.13. The average molecular weight is 353 g/mol. The van der Waals surface area contributed by atoms with Crippen LogP contribution in [0.2, 0.25) is 5.02 Å². The van der Waals surface area contributed by atoms with E-state index in [4.69, 9.17) is 23.2 Å². The number of H-pyrrole nitrogens is 1. The highest BCUT2D eigenvalue weighted by Gasteiger charge is 2.19. The number of halogens is 2. The van der Waals surface area contributed by atoms with Crippen LogP contribution in [-0.2, 0) is 0 Å². The van der Waals surface area contributed by atoms with Crippen LogP contribution in [0, 0.1) is 5.92 Å². The first-order chi connectivity index (χ1) is 10.9. The topological polar surface area (TPSA) is 61.0 Å². The van der Waals surface area contributed by atoms with Gasteiger partial charge in [-0.05, 0) is 24.3 Å². The number of hydrogen-bond donors (Lipinski definition) is 2. The molecule has 0 aliphatic carbocycles. The van der Waals surface area contributed by atoms with E-state index in [-0.39, 0.29) is 11.5 Å². The minimum absolute atomic E-state index is 0.0105. The van der Waals surface area contributed by atoms with Crippen molar-refractivity contribution >= 4 is 40.3 Å². The summed E-state index contributed by atoms with van der Waals surface area (Å²) in [5.41, 5.74) is 1.68. The number of nitrogens with zero attached hydrogens (tertiary/aromatic N) is 2. The zero-order chi connectivity index (χ0) is 17.0. The van der Waals surface area contributed by atoms with E-state index in [0.717, 1.165) is 5.69 Å². The number of nitrogens with one attached hydrogen (secondary N) is 2. The van der Waals surface area contributed by atoms with Crippen molar-refractivity contribution in [1.82, 2.24) is 10.2 Å². The molecule has 0 saturated carbocycles. The van der Waals surface area contributed by atoms with Crippen molar-refractivity contribution in [2.45, 2.75) is 6.92 Å². The van der Waals surface area contributed by atoms with Crippen molar-refractivity contribution in [3.05, 3.63) is 57.4 Å². The molecule has 0 saturated heterocycles. The molecule has 0 amide bonds. The van der Waals surface area contributed by atoms with E-state index >= 15 is 0 Å². The molecule has 0 aliphatic heterocycles. The molecule has 2 aromatic rings. The summed E-state index contributed by atoms with van der Waals surface area (Å²) in [6.07, 6.45) is 1.60. The Balaban J connectivity index is 2.53. The minimum atomic E-state index is -0.290. The molecule has 1 unspecified atom stereocenters. The van der Waals surface area contributed by atoms with E-state index in [9.17, 15) is 4.79 Å². The van der Waals surface area contributed by atoms with Crippen molar-refractivity contribution in [2.24, 2.45) is 5.92 Å². The number of rotatable bonds is 6. The number of benzene rings is 1. The van der Waals surface area contributed by atoms with Crippen LogP contribution in [0.4, 0.5) is 17.1 Å². The molecule has 2 rings (SSSR count). The summed E-state index contributed by atoms with van der Waals surface area (Å²) in [6.45, 7) is 6.30. The molecule has 0 aliphatic rings. The molecular formula is C16H18Cl2N4O. The fourth-order valence-electron chi connectivity index (χ4n) is 2.17. The normalized spacial score (nSPS) is 11.8. The highest BCUT2D eigenvalue weighted by molar-refractivity contribution is 6.30. The van der Waals surface area contributed by atoms with E-state index in [1.165, 1.54) is 0 Å². The maximum Gasteiger partial charge on any atom is 0.289 e. The Bertz CT molecular complexity index is 742. The van der Waals surface area contributed by atoms with Crippen molar-refractivity contribution in [1.29, 1.82) is 0 Å². The monoisotopic (exact) mass is 352 g/mol. The molecule has 5 nitrogen and oxygen atoms in total. The van der Waals surface area contributed by atoms with Gasteiger partial charge in [0.15, 0.2) is 0 Å². The molecule has 1 atom stereocenters. The number of hydrogen-bond acceptors (Lipinski definition) is 4. The molecule has 7 heteroatoms. The number of aromatic nitrogens is 2. The van der Waals surface area contributed by atoms with Gasteiger partial charge in [-0.3, -0.25) is 4.79 Å². The molecule has 0 bridgehead atoms. The van der Waals surface area contributed by atoms with Crippen LogP contribution >= 0.6 is 23.2 Å². The standard InChI is InChI=1S/C16H18Cl2N4O/c1-10(11(2)17)9-22(13-6-4-12(18)5-7-13)14-8-20-21-16(23)15(14)19-3/h4-8,10H,2,9H2,1,3H3,(H,19,20)(H,21,23). The Morgan fingerprint density at radius 2 is 2.09 bits per heavy atom. The van der Waals surface area contributed by atoms with Gasteiger partial charge in [-0.25, -0.2) is 5.10 Å². The van der Waals surface area contributed by atoms with Gasteiger partial charge in [-0.2, -0.15) is 5.10 Å². The third kappa shape index (κ3) is 4.06. The Hall–Kier alpha value is -1.98. The van der Waals surface area contributed by atoms with Crippen molar-refractivity contribution in [3.8, 4) is 0 Å². The first-order valence-corrected chi connectivity index (χ1v) is 7.82. The summed E-state index contributed by atoms with van der Waals surface area (Å²) < 4.78 is 0. The van der Waals surface area contributed by atoms with Crippen molar-refractivity contribution in [2.75, 3.05) is 23.8 Å². The first kappa shape index (κ1) is 17.4. The van der Waals surface area contributed by atoms with Crippen LogP contribution in [-0.4, -0.2) is 23.8 Å². The van der Waals surface area contributed by atoms with Gasteiger partial charge in [0, 0.05) is 35.3 Å². The van der Waals surface area contributed by atoms with Gasteiger partial charge in [0.05, 0.1) is 11.9 Å². The molecule has 1 heterocycles. The van der Waals surface area contributed by atoms with Gasteiger partial charge >= 0.3 is 0 Å². The van der Waals surface area contributed by atoms with Crippen LogP contribution in [0.15, 0.2) is 46.9 Å². The summed E-state index contributed by atoms with van der Waals surface area (Å²) in [6, 6.07) is 7.35. The van der Waals surface area contributed by atoms with Crippen LogP contribution in [0.5, 0.6) is 0 Å². The second-order valence-corrected chi connectivity index (χ2v) is 6.07. The van der Waals surface area contributed by atoms with Gasteiger partial charge in [0.2, 0.25) is 0 Å². The van der Waals surface area contributed by atoms with Crippen LogP contribution in [0.25, 0.3) is 0 Å². The Labute approximate surface area is 144 Å². The molecule has 0 fully saturated rings. The summed E-state index contributed by atoms with van der Waals surface area (Å²) in [7, 11) is 1.69. The van der Waals surface area contributed by atoms with E-state index in [1.54, 1.807) is 25.4 Å². The molecular weight excluding hydrogens is 335 g/mol. The Morgan fingerprint density at radius 3 is 2.65 bits per heavy atom. The molecule has 0 radical (unpaired) electrons. The third-order valence-electron chi connectivity index (χ3n) is 3.51. The van der Waals surface area contributed by atoms with Crippen LogP contribution in [0.3, 0.4) is 0 Å². The van der Waals surface area contributed by atoms with E-state index in [0.29, 0.717) is 28.0 Å². The Kier molecular flexibility index (Phi) is 5.69. The van der Waals surface area contributed by atoms with Crippen LogP contribution < -0.4 is 15.8 Å². The summed E-state index contributed by atoms with van der Waals surface area (Å²) in [5, 5.41) is 10.4. The summed E-state index contributed by atoms with van der Waals surface area (Å²) in [4.78, 5) is 14.0. The second kappa shape index (κ2) is 7.53. The SMILES string of the molecule is C=C(Cl)C(C)CN(c1ccc(Cl)cc1)c1cn[nH]c(=O)c1NC. The van der Waals surface area contributed by atoms with Crippen LogP contribution in [0.1, 0.15) is 6.92 Å². The Morgan fingerprint density at radius 1 is 1.43 bits per heavy atom. The lowest BCUT2D eigenvalue weighted by Crippen LogP contribution is -2.27. The number of aromatic amines is 1. The van der Waals surface area contributed by atoms with E-state index in [1.807, 2.05) is 24.0 Å². The molecule has 0 spiro atoms. The summed E-state index contributed by atoms with van der Waals surface area (Å²) >= 11 is 12.0. The lowest BCUT2D eigenvalue weighted by atomic mass is 10.1. The van der Waals surface area contributed by atoms with Crippen molar-refractivity contribution in [3.63, 3.8) is 0 Å². The maximum absolute atomic E-state index is 12.0. The predicted octanol–water partition coefficient (Wildman–Crippen LogP) is 3.99. The van der Waals surface area contributed by atoms with Crippen molar-refractivity contribution < 1.29 is 0 Å². The second-order valence-electron chi connectivity index (χ2n) is 5.14. The largest absolute Gasteiger partial charge is 0.382 e.